The maximum absolute atomic E-state index is 13.7. The highest BCUT2D eigenvalue weighted by Crippen LogP contribution is 2.55. The number of amides is 5. The molecule has 2 aliphatic carbocycles. The van der Waals surface area contributed by atoms with Gasteiger partial charge in [0.25, 0.3) is 0 Å². The summed E-state index contributed by atoms with van der Waals surface area (Å²) >= 11 is 0. The highest BCUT2D eigenvalue weighted by Gasteiger charge is 2.44. The summed E-state index contributed by atoms with van der Waals surface area (Å²) < 4.78 is 9.52. The normalized spacial score (nSPS) is 20.6. The van der Waals surface area contributed by atoms with Crippen molar-refractivity contribution in [1.82, 2.24) is 20.4 Å². The predicted octanol–water partition coefficient (Wildman–Crippen LogP) is 7.19. The van der Waals surface area contributed by atoms with Crippen LogP contribution in [-0.2, 0) is 35.7 Å². The minimum Gasteiger partial charge on any atom is -0.453 e. The first-order valence-corrected chi connectivity index (χ1v) is 22.7. The van der Waals surface area contributed by atoms with Crippen LogP contribution in [0.25, 0.3) is 22.3 Å². The van der Waals surface area contributed by atoms with Crippen molar-refractivity contribution in [1.29, 1.82) is 0 Å². The van der Waals surface area contributed by atoms with Crippen molar-refractivity contribution in [3.63, 3.8) is 0 Å². The van der Waals surface area contributed by atoms with Crippen LogP contribution in [0, 0.1) is 11.8 Å². The van der Waals surface area contributed by atoms with Crippen LogP contribution >= 0.6 is 0 Å². The Bertz CT molecular complexity index is 2150. The van der Waals surface area contributed by atoms with E-state index in [0.717, 1.165) is 43.2 Å². The van der Waals surface area contributed by atoms with E-state index in [1.54, 1.807) is 9.80 Å². The highest BCUT2D eigenvalue weighted by atomic mass is 16.5. The molecule has 14 heteroatoms. The van der Waals surface area contributed by atoms with Crippen molar-refractivity contribution in [2.45, 2.75) is 128 Å². The molecule has 5 amide bonds. The van der Waals surface area contributed by atoms with Gasteiger partial charge in [-0.25, -0.2) is 9.59 Å². The monoisotopic (exact) mass is 864 g/mol. The van der Waals surface area contributed by atoms with Gasteiger partial charge >= 0.3 is 12.2 Å². The number of rotatable bonds is 13. The van der Waals surface area contributed by atoms with E-state index in [0.29, 0.717) is 43.7 Å². The lowest BCUT2D eigenvalue weighted by atomic mass is 9.76. The first kappa shape index (κ1) is 45.6. The predicted molar refractivity (Wildman–Crippen MR) is 242 cm³/mol. The number of fused-ring (bicyclic) bond motifs is 2. The average molecular weight is 865 g/mol. The Morgan fingerprint density at radius 3 is 1.79 bits per heavy atom. The molecule has 0 aromatic heterocycles. The number of nitrogens with zero attached hydrogens (tertiary/aromatic N) is 2. The number of hydrogen-bond acceptors (Lipinski definition) is 9. The number of methoxy groups -OCH3 is 2. The summed E-state index contributed by atoms with van der Waals surface area (Å²) in [4.78, 5) is 68.2. The molecule has 3 aromatic rings. The lowest BCUT2D eigenvalue weighted by molar-refractivity contribution is -0.139. The van der Waals surface area contributed by atoms with Crippen molar-refractivity contribution < 1.29 is 38.6 Å². The SMILES string of the molecule is COC(=O)N[C@@H](C(C)C)C(O)N1CCC[C@H]1C(=O)Nc1ccc(-c2ccc(-c3ccc(NC(=O)[C@@H]4CCCN4C(=O)[C@@H](NC(=O)OC)C(C)C)cc3)c3c2CCC32CCCC2)cc1. The Kier molecular flexibility index (Phi) is 14.1. The van der Waals surface area contributed by atoms with E-state index < -0.39 is 42.6 Å². The van der Waals surface area contributed by atoms with E-state index in [-0.39, 0.29) is 35.0 Å². The summed E-state index contributed by atoms with van der Waals surface area (Å²) in [6.45, 7) is 8.49. The summed E-state index contributed by atoms with van der Waals surface area (Å²) in [5.41, 5.74) is 8.81. The van der Waals surface area contributed by atoms with E-state index in [1.807, 2.05) is 52.0 Å². The standard InChI is InChI=1S/C49H64N6O8/c1-29(2)41(52-47(60)62-5)45(58)54-27-9-11-38(54)43(56)50-33-17-13-31(14-18-33)35-21-22-36(40-37(35)23-26-49(40)24-7-8-25-49)32-15-19-34(20-16-32)51-44(57)39-12-10-28-55(39)46(59)42(30(3)4)53-48(61)63-6/h13-22,29-30,38-39,41-42,45,58H,7-12,23-28H2,1-6H3,(H,50,56)(H,51,57)(H,52,60)(H,53,61)/t38-,39-,41-,42-,45?/m0/s1. The van der Waals surface area contributed by atoms with Crippen LogP contribution in [0.3, 0.4) is 0 Å². The zero-order valence-electron chi connectivity index (χ0n) is 37.5. The minimum absolute atomic E-state index is 0.0895. The van der Waals surface area contributed by atoms with Crippen molar-refractivity contribution in [3.8, 4) is 22.3 Å². The van der Waals surface area contributed by atoms with E-state index >= 15 is 0 Å². The molecule has 338 valence electrons. The first-order valence-electron chi connectivity index (χ1n) is 22.7. The number of anilines is 2. The quantitative estimate of drug-likeness (QED) is 0.119. The molecule has 1 unspecified atom stereocenters. The first-order chi connectivity index (χ1) is 30.2. The second-order valence-corrected chi connectivity index (χ2v) is 18.4. The van der Waals surface area contributed by atoms with Crippen LogP contribution in [0.1, 0.15) is 96.6 Å². The molecule has 5 N–H and O–H groups in total. The van der Waals surface area contributed by atoms with Crippen LogP contribution in [-0.4, -0.2) is 103 Å². The zero-order chi connectivity index (χ0) is 45.0. The maximum atomic E-state index is 13.7. The average Bonchev–Trinajstić information content (AvgIpc) is 4.13. The fraction of sp³-hybridized carbons (Fsp3) is 0.531. The minimum atomic E-state index is -1.05. The molecule has 63 heavy (non-hydrogen) atoms. The number of carbonyl (C=O) groups is 5. The Hall–Kier alpha value is -5.47. The van der Waals surface area contributed by atoms with Gasteiger partial charge in [0, 0.05) is 24.5 Å². The fourth-order valence-electron chi connectivity index (χ4n) is 10.5. The van der Waals surface area contributed by atoms with Gasteiger partial charge in [0.15, 0.2) is 0 Å². The van der Waals surface area contributed by atoms with Crippen molar-refractivity contribution >= 4 is 41.3 Å². The van der Waals surface area contributed by atoms with Crippen LogP contribution in [0.4, 0.5) is 21.0 Å². The number of hydrogen-bond donors (Lipinski definition) is 5. The lowest BCUT2D eigenvalue weighted by Gasteiger charge is -2.35. The molecule has 0 bridgehead atoms. The third kappa shape index (κ3) is 9.57. The number of carbonyl (C=O) groups excluding carboxylic acids is 5. The van der Waals surface area contributed by atoms with Gasteiger partial charge in [-0.05, 0) is 126 Å². The molecule has 0 radical (unpaired) electrons. The largest absolute Gasteiger partial charge is 0.453 e. The summed E-state index contributed by atoms with van der Waals surface area (Å²) in [5, 5.41) is 22.8. The van der Waals surface area contributed by atoms with Gasteiger partial charge in [-0.2, -0.15) is 0 Å². The molecule has 3 aromatic carbocycles. The molecule has 14 nitrogen and oxygen atoms in total. The molecular weight excluding hydrogens is 801 g/mol. The van der Waals surface area contributed by atoms with Gasteiger partial charge in [0.1, 0.15) is 18.3 Å². The van der Waals surface area contributed by atoms with Gasteiger partial charge in [-0.3, -0.25) is 19.3 Å². The number of aliphatic hydroxyl groups excluding tert-OH is 1. The number of benzene rings is 3. The fourth-order valence-corrected chi connectivity index (χ4v) is 10.5. The Morgan fingerprint density at radius 2 is 1.21 bits per heavy atom. The number of nitrogens with one attached hydrogen (secondary N) is 4. The van der Waals surface area contributed by atoms with Crippen LogP contribution in [0.5, 0.6) is 0 Å². The Labute approximate surface area is 370 Å². The molecule has 4 aliphatic rings. The molecule has 1 spiro atoms. The number of likely N-dealkylation sites (tertiary alicyclic amines) is 2. The van der Waals surface area contributed by atoms with E-state index in [4.69, 9.17) is 9.47 Å². The lowest BCUT2D eigenvalue weighted by Crippen LogP contribution is -2.57. The molecule has 2 saturated heterocycles. The summed E-state index contributed by atoms with van der Waals surface area (Å²) in [5.74, 6) is -1.01. The van der Waals surface area contributed by atoms with Crippen LogP contribution in [0.15, 0.2) is 60.7 Å². The number of ether oxygens (including phenoxy) is 2. The molecule has 2 heterocycles. The van der Waals surface area contributed by atoms with E-state index in [9.17, 15) is 29.1 Å². The topological polar surface area (TPSA) is 179 Å². The third-order valence-electron chi connectivity index (χ3n) is 13.9. The van der Waals surface area contributed by atoms with Crippen molar-refractivity contribution in [2.24, 2.45) is 11.8 Å². The summed E-state index contributed by atoms with van der Waals surface area (Å²) in [6, 6.07) is 17.9. The summed E-state index contributed by atoms with van der Waals surface area (Å²) in [6.07, 6.45) is 7.04. The molecule has 7 rings (SSSR count). The number of alkyl carbamates (subject to hydrolysis) is 2. The zero-order valence-corrected chi connectivity index (χ0v) is 37.5. The van der Waals surface area contributed by atoms with Gasteiger partial charge in [0.2, 0.25) is 17.7 Å². The second-order valence-electron chi connectivity index (χ2n) is 18.4. The highest BCUT2D eigenvalue weighted by molar-refractivity contribution is 5.99. The van der Waals surface area contributed by atoms with Crippen LogP contribution < -0.4 is 21.3 Å². The van der Waals surface area contributed by atoms with Crippen molar-refractivity contribution in [2.75, 3.05) is 37.9 Å². The molecule has 5 atom stereocenters. The molecular formula is C49H64N6O8. The Morgan fingerprint density at radius 1 is 0.667 bits per heavy atom. The van der Waals surface area contributed by atoms with Gasteiger partial charge < -0.3 is 40.7 Å². The van der Waals surface area contributed by atoms with Gasteiger partial charge in [-0.1, -0.05) is 76.9 Å². The molecule has 1 saturated carbocycles. The van der Waals surface area contributed by atoms with E-state index in [2.05, 4.69) is 57.7 Å². The van der Waals surface area contributed by atoms with E-state index in [1.165, 1.54) is 49.3 Å². The van der Waals surface area contributed by atoms with Crippen LogP contribution in [0.2, 0.25) is 0 Å². The molecule has 3 fully saturated rings. The van der Waals surface area contributed by atoms with Crippen molar-refractivity contribution in [3.05, 3.63) is 71.8 Å². The number of aliphatic hydroxyl groups is 1. The van der Waals surface area contributed by atoms with Gasteiger partial charge in [0.05, 0.1) is 26.3 Å². The smallest absolute Gasteiger partial charge is 0.407 e. The third-order valence-corrected chi connectivity index (χ3v) is 13.9. The molecule has 2 aliphatic heterocycles. The summed E-state index contributed by atoms with van der Waals surface area (Å²) in [7, 11) is 2.54. The second kappa shape index (κ2) is 19.5. The maximum Gasteiger partial charge on any atom is 0.407 e. The Balaban J connectivity index is 1.06. The van der Waals surface area contributed by atoms with Gasteiger partial charge in [-0.15, -0.1) is 0 Å².